The van der Waals surface area contributed by atoms with E-state index >= 15 is 0 Å². The lowest BCUT2D eigenvalue weighted by molar-refractivity contribution is 0.0517. The first-order valence-electron chi connectivity index (χ1n) is 5.07. The second-order valence-electron chi connectivity index (χ2n) is 3.89. The molecule has 1 atom stereocenters. The molecule has 5 heteroatoms. The molecule has 4 nitrogen and oxygen atoms in total. The summed E-state index contributed by atoms with van der Waals surface area (Å²) in [5.74, 6) is -0.277. The van der Waals surface area contributed by atoms with E-state index in [4.69, 9.17) is 0 Å². The minimum absolute atomic E-state index is 0.222. The summed E-state index contributed by atoms with van der Waals surface area (Å²) >= 11 is 3.24. The number of carbonyl (C=O) groups is 1. The maximum Gasteiger partial charge on any atom is 0.269 e. The van der Waals surface area contributed by atoms with Crippen LogP contribution in [-0.2, 0) is 0 Å². The second kappa shape index (κ2) is 5.41. The van der Waals surface area contributed by atoms with Gasteiger partial charge >= 0.3 is 0 Å². The standard InChI is InChI=1S/C11H15BrN2O2/c1-3-11(2,16)7-14-10(15)9-5-4-8(12)6-13-9/h4-6,16H,3,7H2,1-2H3,(H,14,15). The van der Waals surface area contributed by atoms with Gasteiger partial charge in [0.2, 0.25) is 0 Å². The molecule has 0 aliphatic carbocycles. The molecule has 0 saturated heterocycles. The predicted octanol–water partition coefficient (Wildman–Crippen LogP) is 1.73. The van der Waals surface area contributed by atoms with Crippen LogP contribution < -0.4 is 5.32 Å². The Labute approximate surface area is 103 Å². The minimum Gasteiger partial charge on any atom is -0.388 e. The molecule has 1 unspecified atom stereocenters. The monoisotopic (exact) mass is 286 g/mol. The summed E-state index contributed by atoms with van der Waals surface area (Å²) in [5.41, 5.74) is -0.527. The van der Waals surface area contributed by atoms with Crippen LogP contribution in [-0.4, -0.2) is 28.1 Å². The van der Waals surface area contributed by atoms with E-state index in [-0.39, 0.29) is 12.5 Å². The van der Waals surface area contributed by atoms with Crippen molar-refractivity contribution in [3.63, 3.8) is 0 Å². The first-order valence-corrected chi connectivity index (χ1v) is 5.86. The number of halogens is 1. The first-order chi connectivity index (χ1) is 7.44. The molecule has 0 bridgehead atoms. The van der Waals surface area contributed by atoms with Crippen LogP contribution in [0.4, 0.5) is 0 Å². The van der Waals surface area contributed by atoms with Gasteiger partial charge in [-0.25, -0.2) is 4.98 Å². The summed E-state index contributed by atoms with van der Waals surface area (Å²) in [7, 11) is 0. The van der Waals surface area contributed by atoms with E-state index in [1.165, 1.54) is 0 Å². The van der Waals surface area contributed by atoms with Gasteiger partial charge in [0.1, 0.15) is 5.69 Å². The summed E-state index contributed by atoms with van der Waals surface area (Å²) in [6.07, 6.45) is 2.15. The minimum atomic E-state index is -0.870. The molecule has 0 aromatic carbocycles. The molecule has 1 rings (SSSR count). The van der Waals surface area contributed by atoms with E-state index < -0.39 is 5.60 Å². The number of amides is 1. The van der Waals surface area contributed by atoms with Crippen LogP contribution in [0.3, 0.4) is 0 Å². The van der Waals surface area contributed by atoms with Gasteiger partial charge < -0.3 is 10.4 Å². The van der Waals surface area contributed by atoms with Gasteiger partial charge in [-0.1, -0.05) is 6.92 Å². The lowest BCUT2D eigenvalue weighted by Crippen LogP contribution is -2.40. The fraction of sp³-hybridized carbons (Fsp3) is 0.455. The van der Waals surface area contributed by atoms with Gasteiger partial charge in [0.25, 0.3) is 5.91 Å². The van der Waals surface area contributed by atoms with E-state index in [9.17, 15) is 9.90 Å². The average Bonchev–Trinajstić information content (AvgIpc) is 2.27. The Kier molecular flexibility index (Phi) is 4.44. The van der Waals surface area contributed by atoms with Crippen LogP contribution in [0, 0.1) is 0 Å². The quantitative estimate of drug-likeness (QED) is 0.886. The van der Waals surface area contributed by atoms with Gasteiger partial charge in [0, 0.05) is 17.2 Å². The summed E-state index contributed by atoms with van der Waals surface area (Å²) < 4.78 is 0.824. The van der Waals surface area contributed by atoms with E-state index in [0.29, 0.717) is 12.1 Å². The van der Waals surface area contributed by atoms with Crippen molar-refractivity contribution in [3.8, 4) is 0 Å². The van der Waals surface area contributed by atoms with Crippen LogP contribution in [0.1, 0.15) is 30.8 Å². The predicted molar refractivity (Wildman–Crippen MR) is 65.2 cm³/mol. The molecule has 88 valence electrons. The van der Waals surface area contributed by atoms with Crippen molar-refractivity contribution in [1.82, 2.24) is 10.3 Å². The van der Waals surface area contributed by atoms with Gasteiger partial charge in [-0.2, -0.15) is 0 Å². The first kappa shape index (κ1) is 13.1. The number of nitrogens with one attached hydrogen (secondary N) is 1. The average molecular weight is 287 g/mol. The molecule has 1 aromatic rings. The third kappa shape index (κ3) is 3.90. The summed E-state index contributed by atoms with van der Waals surface area (Å²) in [6, 6.07) is 3.37. The molecular formula is C11H15BrN2O2. The van der Waals surface area contributed by atoms with Gasteiger partial charge in [-0.3, -0.25) is 4.79 Å². The number of aliphatic hydroxyl groups is 1. The highest BCUT2D eigenvalue weighted by Crippen LogP contribution is 2.09. The molecule has 0 aliphatic rings. The fourth-order valence-electron chi connectivity index (χ4n) is 0.996. The normalized spacial score (nSPS) is 14.2. The third-order valence-electron chi connectivity index (χ3n) is 2.35. The molecule has 0 saturated carbocycles. The van der Waals surface area contributed by atoms with Crippen LogP contribution in [0.2, 0.25) is 0 Å². The Balaban J connectivity index is 2.56. The van der Waals surface area contributed by atoms with E-state index in [1.807, 2.05) is 6.92 Å². The largest absolute Gasteiger partial charge is 0.388 e. The van der Waals surface area contributed by atoms with Crippen LogP contribution >= 0.6 is 15.9 Å². The number of hydrogen-bond acceptors (Lipinski definition) is 3. The van der Waals surface area contributed by atoms with E-state index in [1.54, 1.807) is 25.3 Å². The van der Waals surface area contributed by atoms with Crippen molar-refractivity contribution in [2.24, 2.45) is 0 Å². The highest BCUT2D eigenvalue weighted by atomic mass is 79.9. The van der Waals surface area contributed by atoms with E-state index in [0.717, 1.165) is 4.47 Å². The Morgan fingerprint density at radius 2 is 2.31 bits per heavy atom. The molecule has 0 aliphatic heterocycles. The zero-order valence-electron chi connectivity index (χ0n) is 9.33. The van der Waals surface area contributed by atoms with Crippen molar-refractivity contribution in [2.45, 2.75) is 25.9 Å². The van der Waals surface area contributed by atoms with E-state index in [2.05, 4.69) is 26.2 Å². The van der Waals surface area contributed by atoms with Crippen LogP contribution in [0.5, 0.6) is 0 Å². The molecule has 1 aromatic heterocycles. The van der Waals surface area contributed by atoms with Gasteiger partial charge in [-0.05, 0) is 41.4 Å². The highest BCUT2D eigenvalue weighted by molar-refractivity contribution is 9.10. The van der Waals surface area contributed by atoms with Crippen molar-refractivity contribution in [2.75, 3.05) is 6.54 Å². The smallest absolute Gasteiger partial charge is 0.269 e. The maximum absolute atomic E-state index is 11.6. The molecule has 1 amide bonds. The summed E-state index contributed by atoms with van der Waals surface area (Å²) in [5, 5.41) is 12.4. The zero-order chi connectivity index (χ0) is 12.2. The van der Waals surface area contributed by atoms with Crippen LogP contribution in [0.25, 0.3) is 0 Å². The van der Waals surface area contributed by atoms with Crippen molar-refractivity contribution < 1.29 is 9.90 Å². The lowest BCUT2D eigenvalue weighted by atomic mass is 10.0. The molecule has 2 N–H and O–H groups in total. The highest BCUT2D eigenvalue weighted by Gasteiger charge is 2.19. The fourth-order valence-corrected chi connectivity index (χ4v) is 1.23. The molecule has 0 fully saturated rings. The topological polar surface area (TPSA) is 62.2 Å². The molecule has 0 radical (unpaired) electrons. The Morgan fingerprint density at radius 1 is 1.62 bits per heavy atom. The van der Waals surface area contributed by atoms with Crippen molar-refractivity contribution in [3.05, 3.63) is 28.5 Å². The summed E-state index contributed by atoms with van der Waals surface area (Å²) in [6.45, 7) is 3.77. The van der Waals surface area contributed by atoms with Gasteiger partial charge in [0.05, 0.1) is 5.60 Å². The Hall–Kier alpha value is -0.940. The van der Waals surface area contributed by atoms with Gasteiger partial charge in [0.15, 0.2) is 0 Å². The molecule has 1 heterocycles. The maximum atomic E-state index is 11.6. The van der Waals surface area contributed by atoms with Crippen molar-refractivity contribution in [1.29, 1.82) is 0 Å². The van der Waals surface area contributed by atoms with Crippen LogP contribution in [0.15, 0.2) is 22.8 Å². The Morgan fingerprint density at radius 3 is 2.81 bits per heavy atom. The third-order valence-corrected chi connectivity index (χ3v) is 2.82. The second-order valence-corrected chi connectivity index (χ2v) is 4.81. The SMILES string of the molecule is CCC(C)(O)CNC(=O)c1ccc(Br)cn1. The molecule has 0 spiro atoms. The lowest BCUT2D eigenvalue weighted by Gasteiger charge is -2.21. The molecular weight excluding hydrogens is 272 g/mol. The molecule has 16 heavy (non-hydrogen) atoms. The van der Waals surface area contributed by atoms with Crippen molar-refractivity contribution >= 4 is 21.8 Å². The summed E-state index contributed by atoms with van der Waals surface area (Å²) in [4.78, 5) is 15.6. The number of aromatic nitrogens is 1. The van der Waals surface area contributed by atoms with Gasteiger partial charge in [-0.15, -0.1) is 0 Å². The number of nitrogens with zero attached hydrogens (tertiary/aromatic N) is 1. The number of rotatable bonds is 4. The Bertz CT molecular complexity index is 363. The number of pyridine rings is 1. The number of carbonyl (C=O) groups excluding carboxylic acids is 1. The zero-order valence-corrected chi connectivity index (χ0v) is 10.9. The number of hydrogen-bond donors (Lipinski definition) is 2.